The van der Waals surface area contributed by atoms with Gasteiger partial charge in [-0.1, -0.05) is 11.3 Å². The first-order chi connectivity index (χ1) is 12.0. The number of anilines is 1. The Kier molecular flexibility index (Phi) is 6.96. The van der Waals surface area contributed by atoms with E-state index < -0.39 is 11.7 Å². The van der Waals surface area contributed by atoms with Gasteiger partial charge >= 0.3 is 0 Å². The number of carbonyl (C=O) groups is 2. The molecule has 0 atom stereocenters. The van der Waals surface area contributed by atoms with Crippen molar-refractivity contribution in [3.8, 4) is 0 Å². The molecule has 0 saturated heterocycles. The summed E-state index contributed by atoms with van der Waals surface area (Å²) in [6.07, 6.45) is 0.835. The number of hydrogen-bond acceptors (Lipinski definition) is 6. The van der Waals surface area contributed by atoms with Crippen LogP contribution in [0.5, 0.6) is 0 Å². The van der Waals surface area contributed by atoms with Crippen molar-refractivity contribution in [2.75, 3.05) is 18.5 Å². The summed E-state index contributed by atoms with van der Waals surface area (Å²) < 4.78 is 18.2. The van der Waals surface area contributed by atoms with E-state index in [9.17, 15) is 14.0 Å². The van der Waals surface area contributed by atoms with E-state index in [1.165, 1.54) is 24.3 Å². The molecule has 0 saturated carbocycles. The average molecular weight is 366 g/mol. The van der Waals surface area contributed by atoms with Crippen LogP contribution in [0.4, 0.5) is 10.1 Å². The first-order valence-corrected chi connectivity index (χ1v) is 8.57. The van der Waals surface area contributed by atoms with Crippen molar-refractivity contribution >= 4 is 28.8 Å². The third kappa shape index (κ3) is 6.20. The Hall–Kier alpha value is -2.39. The van der Waals surface area contributed by atoms with Gasteiger partial charge in [0.25, 0.3) is 11.8 Å². The normalized spacial score (nSPS) is 10.7. The summed E-state index contributed by atoms with van der Waals surface area (Å²) in [5.74, 6) is -1.29. The smallest absolute Gasteiger partial charge is 0.286 e. The molecule has 2 N–H and O–H groups in total. The number of nitrogens with one attached hydrogen (secondary N) is 2. The first-order valence-electron chi connectivity index (χ1n) is 7.76. The second-order valence-corrected chi connectivity index (χ2v) is 6.38. The molecular weight excluding hydrogens is 347 g/mol. The molecule has 1 aromatic heterocycles. The molecule has 2 aromatic rings. The number of benzene rings is 1. The highest BCUT2D eigenvalue weighted by molar-refractivity contribution is 7.15. The van der Waals surface area contributed by atoms with Crippen molar-refractivity contribution in [2.45, 2.75) is 26.4 Å². The molecular formula is C16H19FN4O3S. The second-order valence-electron chi connectivity index (χ2n) is 5.40. The highest BCUT2D eigenvalue weighted by Gasteiger charge is 2.17. The molecule has 0 bridgehead atoms. The number of hydrogen-bond donors (Lipinski definition) is 2. The summed E-state index contributed by atoms with van der Waals surface area (Å²) in [7, 11) is 0. The summed E-state index contributed by atoms with van der Waals surface area (Å²) in [5.41, 5.74) is 0.428. The van der Waals surface area contributed by atoms with Gasteiger partial charge in [-0.25, -0.2) is 4.39 Å². The van der Waals surface area contributed by atoms with Crippen LogP contribution in [0.2, 0.25) is 0 Å². The molecule has 0 radical (unpaired) electrons. The largest absolute Gasteiger partial charge is 0.379 e. The van der Waals surface area contributed by atoms with Gasteiger partial charge in [-0.15, -0.1) is 10.2 Å². The molecule has 2 rings (SSSR count). The number of halogens is 1. The lowest BCUT2D eigenvalue weighted by atomic mass is 10.3. The van der Waals surface area contributed by atoms with Gasteiger partial charge in [0.05, 0.1) is 6.10 Å². The lowest BCUT2D eigenvalue weighted by molar-refractivity contribution is 0.0757. The maximum Gasteiger partial charge on any atom is 0.286 e. The van der Waals surface area contributed by atoms with Crippen LogP contribution >= 0.6 is 11.3 Å². The van der Waals surface area contributed by atoms with Gasteiger partial charge in [0, 0.05) is 18.8 Å². The van der Waals surface area contributed by atoms with E-state index in [4.69, 9.17) is 4.74 Å². The van der Waals surface area contributed by atoms with Gasteiger partial charge in [0.1, 0.15) is 5.82 Å². The second kappa shape index (κ2) is 9.19. The molecule has 25 heavy (non-hydrogen) atoms. The third-order valence-corrected chi connectivity index (χ3v) is 3.89. The number of aromatic nitrogens is 2. The Balaban J connectivity index is 1.83. The van der Waals surface area contributed by atoms with E-state index >= 15 is 0 Å². The molecule has 0 spiro atoms. The minimum atomic E-state index is -0.506. The van der Waals surface area contributed by atoms with Gasteiger partial charge in [-0.3, -0.25) is 9.59 Å². The molecule has 7 nitrogen and oxygen atoms in total. The topological polar surface area (TPSA) is 93.2 Å². The van der Waals surface area contributed by atoms with Crippen LogP contribution in [0, 0.1) is 5.82 Å². The minimum absolute atomic E-state index is 0.0533. The summed E-state index contributed by atoms with van der Waals surface area (Å²) >= 11 is 0.889. The van der Waals surface area contributed by atoms with Crippen molar-refractivity contribution in [1.82, 2.24) is 15.5 Å². The molecule has 134 valence electrons. The van der Waals surface area contributed by atoms with Crippen LogP contribution in [0.15, 0.2) is 24.3 Å². The van der Waals surface area contributed by atoms with Crippen molar-refractivity contribution in [1.29, 1.82) is 0 Å². The van der Waals surface area contributed by atoms with E-state index in [-0.39, 0.29) is 22.0 Å². The summed E-state index contributed by atoms with van der Waals surface area (Å²) in [6, 6.07) is 5.33. The number of ether oxygens (including phenoxy) is 1. The SMILES string of the molecule is CC(C)OCCCNC(=O)c1nnc(C(=O)Nc2ccc(F)cc2)s1. The number of carbonyl (C=O) groups excluding carboxylic acids is 2. The number of rotatable bonds is 8. The number of nitrogens with zero attached hydrogens (tertiary/aromatic N) is 2. The molecule has 2 amide bonds. The Morgan fingerprint density at radius 1 is 1.16 bits per heavy atom. The van der Waals surface area contributed by atoms with E-state index in [1.54, 1.807) is 0 Å². The summed E-state index contributed by atoms with van der Waals surface area (Å²) in [5, 5.41) is 12.9. The predicted molar refractivity (Wildman–Crippen MR) is 92.3 cm³/mol. The van der Waals surface area contributed by atoms with E-state index in [0.717, 1.165) is 11.3 Å². The fourth-order valence-electron chi connectivity index (χ4n) is 1.79. The standard InChI is InChI=1S/C16H19FN4O3S/c1-10(2)24-9-3-8-18-13(22)15-20-21-16(25-15)14(23)19-12-6-4-11(17)5-7-12/h4-7,10H,3,8-9H2,1-2H3,(H,18,22)(H,19,23). The monoisotopic (exact) mass is 366 g/mol. The zero-order chi connectivity index (χ0) is 18.2. The van der Waals surface area contributed by atoms with Crippen molar-refractivity contribution in [3.63, 3.8) is 0 Å². The lowest BCUT2D eigenvalue weighted by Crippen LogP contribution is -2.25. The van der Waals surface area contributed by atoms with Crippen LogP contribution in [0.3, 0.4) is 0 Å². The molecule has 0 aliphatic heterocycles. The molecule has 0 aliphatic carbocycles. The fraction of sp³-hybridized carbons (Fsp3) is 0.375. The third-order valence-electron chi connectivity index (χ3n) is 2.97. The highest BCUT2D eigenvalue weighted by Crippen LogP contribution is 2.14. The molecule has 1 heterocycles. The Morgan fingerprint density at radius 3 is 2.44 bits per heavy atom. The van der Waals surface area contributed by atoms with Gasteiger partial charge in [-0.05, 0) is 44.5 Å². The van der Waals surface area contributed by atoms with Crippen molar-refractivity contribution < 1.29 is 18.7 Å². The van der Waals surface area contributed by atoms with Gasteiger partial charge < -0.3 is 15.4 Å². The van der Waals surface area contributed by atoms with Crippen LogP contribution < -0.4 is 10.6 Å². The summed E-state index contributed by atoms with van der Waals surface area (Å²) in [6.45, 7) is 4.89. The van der Waals surface area contributed by atoms with Gasteiger partial charge in [0.15, 0.2) is 0 Å². The van der Waals surface area contributed by atoms with E-state index in [1.807, 2.05) is 13.8 Å². The van der Waals surface area contributed by atoms with Crippen molar-refractivity contribution in [3.05, 3.63) is 40.1 Å². The van der Waals surface area contributed by atoms with Gasteiger partial charge in [0.2, 0.25) is 10.0 Å². The molecule has 1 aromatic carbocycles. The van der Waals surface area contributed by atoms with E-state index in [0.29, 0.717) is 25.3 Å². The predicted octanol–water partition coefficient (Wildman–Crippen LogP) is 2.47. The molecule has 0 fully saturated rings. The number of amides is 2. The zero-order valence-corrected chi connectivity index (χ0v) is 14.7. The van der Waals surface area contributed by atoms with Crippen LogP contribution in [0.25, 0.3) is 0 Å². The fourth-order valence-corrected chi connectivity index (χ4v) is 2.45. The van der Waals surface area contributed by atoms with Crippen LogP contribution in [-0.2, 0) is 4.74 Å². The van der Waals surface area contributed by atoms with Crippen LogP contribution in [0.1, 0.15) is 39.9 Å². The molecule has 9 heteroatoms. The Labute approximate surface area is 148 Å². The lowest BCUT2D eigenvalue weighted by Gasteiger charge is -2.07. The Bertz CT molecular complexity index is 718. The zero-order valence-electron chi connectivity index (χ0n) is 13.9. The minimum Gasteiger partial charge on any atom is -0.379 e. The van der Waals surface area contributed by atoms with Crippen molar-refractivity contribution in [2.24, 2.45) is 0 Å². The molecule has 0 unspecified atom stereocenters. The van der Waals surface area contributed by atoms with Gasteiger partial charge in [-0.2, -0.15) is 0 Å². The average Bonchev–Trinajstić information content (AvgIpc) is 3.06. The molecule has 0 aliphatic rings. The maximum absolute atomic E-state index is 12.8. The van der Waals surface area contributed by atoms with Crippen LogP contribution in [-0.4, -0.2) is 41.3 Å². The first kappa shape index (κ1) is 18.9. The highest BCUT2D eigenvalue weighted by atomic mass is 32.1. The maximum atomic E-state index is 12.8. The van der Waals surface area contributed by atoms with E-state index in [2.05, 4.69) is 20.8 Å². The quantitative estimate of drug-likeness (QED) is 0.700. The Morgan fingerprint density at radius 2 is 1.80 bits per heavy atom. The summed E-state index contributed by atoms with van der Waals surface area (Å²) in [4.78, 5) is 24.0.